The summed E-state index contributed by atoms with van der Waals surface area (Å²) in [6.45, 7) is 3.78. The third-order valence-corrected chi connectivity index (χ3v) is 8.68. The maximum absolute atomic E-state index is 13.9. The first-order valence-electron chi connectivity index (χ1n) is 13.6. The third kappa shape index (κ3) is 6.61. The summed E-state index contributed by atoms with van der Waals surface area (Å²) in [4.78, 5) is 17.1. The molecule has 3 aromatic carbocycles. The summed E-state index contributed by atoms with van der Waals surface area (Å²) >= 11 is 0. The second kappa shape index (κ2) is 12.6. The van der Waals surface area contributed by atoms with Crippen LogP contribution < -0.4 is 9.04 Å². The number of benzene rings is 3. The Morgan fingerprint density at radius 2 is 1.83 bits per heavy atom. The number of carbonyl (C=O) groups is 1. The first-order valence-corrected chi connectivity index (χ1v) is 15.0. The molecule has 1 aliphatic rings. The van der Waals surface area contributed by atoms with E-state index in [-0.39, 0.29) is 19.8 Å². The predicted molar refractivity (Wildman–Crippen MR) is 156 cm³/mol. The molecule has 0 amide bonds. The van der Waals surface area contributed by atoms with Gasteiger partial charge in [-0.05, 0) is 68.1 Å². The highest BCUT2D eigenvalue weighted by molar-refractivity contribution is 7.90. The minimum Gasteiger partial charge on any atom is -0.487 e. The Kier molecular flexibility index (Phi) is 8.70. The predicted octanol–water partition coefficient (Wildman–Crippen LogP) is 5.29. The van der Waals surface area contributed by atoms with Gasteiger partial charge in [-0.2, -0.15) is 12.7 Å². The van der Waals surface area contributed by atoms with Crippen molar-refractivity contribution in [3.05, 3.63) is 101 Å². The van der Waals surface area contributed by atoms with Gasteiger partial charge in [-0.3, -0.25) is 9.10 Å². The summed E-state index contributed by atoms with van der Waals surface area (Å²) in [5.74, 6) is 1.12. The van der Waals surface area contributed by atoms with Crippen molar-refractivity contribution in [1.82, 2.24) is 9.29 Å². The highest BCUT2D eigenvalue weighted by atomic mass is 32.2. The number of fused-ring (bicyclic) bond motifs is 1. The van der Waals surface area contributed by atoms with Gasteiger partial charge < -0.3 is 13.9 Å². The molecule has 1 aromatic heterocycles. The Morgan fingerprint density at radius 3 is 2.63 bits per heavy atom. The van der Waals surface area contributed by atoms with Crippen molar-refractivity contribution in [3.63, 3.8) is 0 Å². The van der Waals surface area contributed by atoms with Gasteiger partial charge >= 0.3 is 16.2 Å². The molecule has 5 rings (SSSR count). The topological polar surface area (TPSA) is 102 Å². The highest BCUT2D eigenvalue weighted by Gasteiger charge is 2.34. The number of carbonyl (C=O) groups excluding carboxylic acids is 1. The molecule has 0 spiro atoms. The van der Waals surface area contributed by atoms with Crippen LogP contribution in [0.2, 0.25) is 0 Å². The van der Waals surface area contributed by atoms with Crippen molar-refractivity contribution in [2.75, 3.05) is 24.0 Å². The smallest absolute Gasteiger partial charge is 0.321 e. The van der Waals surface area contributed by atoms with E-state index in [0.717, 1.165) is 17.5 Å². The molecule has 41 heavy (non-hydrogen) atoms. The standard InChI is InChI=1S/C31H33N3O6S/c1-3-38-30(35)21-33(41(36,37)34-18-10-15-25-12-7-8-17-29(25)34)20-24-11-9-16-27(19-24)39-22-28-23(2)40-31(32-28)26-13-5-4-6-14-26/h4-9,11-14,16-17,19H,3,10,15,18,20-22H2,1-2H3. The number of esters is 1. The van der Waals surface area contributed by atoms with Crippen LogP contribution >= 0.6 is 0 Å². The largest absolute Gasteiger partial charge is 0.487 e. The van der Waals surface area contributed by atoms with Crippen molar-refractivity contribution >= 4 is 21.9 Å². The fourth-order valence-electron chi connectivity index (χ4n) is 4.80. The third-order valence-electron chi connectivity index (χ3n) is 6.83. The van der Waals surface area contributed by atoms with E-state index in [9.17, 15) is 13.2 Å². The molecule has 10 heteroatoms. The van der Waals surface area contributed by atoms with Gasteiger partial charge in [0.1, 0.15) is 30.4 Å². The Bertz CT molecular complexity index is 1600. The van der Waals surface area contributed by atoms with Crippen molar-refractivity contribution < 1.29 is 27.1 Å². The molecule has 0 fully saturated rings. The number of para-hydroxylation sites is 1. The number of anilines is 1. The van der Waals surface area contributed by atoms with Crippen LogP contribution in [0.25, 0.3) is 11.5 Å². The van der Waals surface area contributed by atoms with Gasteiger partial charge in [0.05, 0.1) is 12.3 Å². The summed E-state index contributed by atoms with van der Waals surface area (Å²) in [7, 11) is -4.04. The maximum Gasteiger partial charge on any atom is 0.321 e. The molecule has 0 aliphatic carbocycles. The maximum atomic E-state index is 13.9. The lowest BCUT2D eigenvalue weighted by Crippen LogP contribution is -2.47. The summed E-state index contributed by atoms with van der Waals surface area (Å²) in [5.41, 5.74) is 3.82. The lowest BCUT2D eigenvalue weighted by molar-refractivity contribution is -0.143. The van der Waals surface area contributed by atoms with Crippen LogP contribution in [-0.2, 0) is 39.3 Å². The average Bonchev–Trinajstić information content (AvgIpc) is 3.36. The average molecular weight is 576 g/mol. The number of aryl methyl sites for hydroxylation is 2. The van der Waals surface area contributed by atoms with Crippen LogP contribution in [0.3, 0.4) is 0 Å². The molecule has 0 radical (unpaired) electrons. The van der Waals surface area contributed by atoms with Crippen LogP contribution in [0.1, 0.15) is 35.9 Å². The van der Waals surface area contributed by atoms with Crippen LogP contribution in [-0.4, -0.2) is 43.4 Å². The van der Waals surface area contributed by atoms with Crippen molar-refractivity contribution in [1.29, 1.82) is 0 Å². The molecule has 0 atom stereocenters. The summed E-state index contributed by atoms with van der Waals surface area (Å²) in [5, 5.41) is 0. The van der Waals surface area contributed by atoms with Gasteiger partial charge in [0.15, 0.2) is 0 Å². The van der Waals surface area contributed by atoms with Crippen molar-refractivity contribution in [3.8, 4) is 17.2 Å². The zero-order chi connectivity index (χ0) is 28.8. The van der Waals surface area contributed by atoms with E-state index in [1.807, 2.05) is 55.5 Å². The van der Waals surface area contributed by atoms with Crippen molar-refractivity contribution in [2.24, 2.45) is 0 Å². The normalized spacial score (nSPS) is 13.2. The lowest BCUT2D eigenvalue weighted by Gasteiger charge is -2.34. The SMILES string of the molecule is CCOC(=O)CN(Cc1cccc(OCc2nc(-c3ccccc3)oc2C)c1)S(=O)(=O)N1CCCc2ccccc21. The van der Waals surface area contributed by atoms with Crippen molar-refractivity contribution in [2.45, 2.75) is 39.8 Å². The van der Waals surface area contributed by atoms with Gasteiger partial charge in [0.2, 0.25) is 5.89 Å². The van der Waals surface area contributed by atoms with Crippen LogP contribution in [0.5, 0.6) is 5.75 Å². The van der Waals surface area contributed by atoms with E-state index in [0.29, 0.717) is 47.3 Å². The van der Waals surface area contributed by atoms with Gasteiger partial charge in [-0.15, -0.1) is 0 Å². The van der Waals surface area contributed by atoms with Gasteiger partial charge in [0, 0.05) is 18.7 Å². The van der Waals surface area contributed by atoms with Gasteiger partial charge in [-0.1, -0.05) is 48.5 Å². The van der Waals surface area contributed by atoms with E-state index in [1.165, 1.54) is 8.61 Å². The molecule has 0 bridgehead atoms. The number of ether oxygens (including phenoxy) is 2. The molecule has 0 N–H and O–H groups in total. The van der Waals surface area contributed by atoms with Gasteiger partial charge in [0.25, 0.3) is 0 Å². The van der Waals surface area contributed by atoms with Crippen LogP contribution in [0.4, 0.5) is 5.69 Å². The van der Waals surface area contributed by atoms with E-state index >= 15 is 0 Å². The molecule has 2 heterocycles. The number of nitrogens with zero attached hydrogens (tertiary/aromatic N) is 3. The van der Waals surface area contributed by atoms with E-state index in [2.05, 4.69) is 4.98 Å². The molecule has 0 saturated carbocycles. The second-order valence-corrected chi connectivity index (χ2v) is 11.6. The number of aromatic nitrogens is 1. The molecule has 9 nitrogen and oxygen atoms in total. The Hall–Kier alpha value is -4.15. The molecule has 0 unspecified atom stereocenters. The Labute approximate surface area is 240 Å². The first kappa shape index (κ1) is 28.4. The quantitative estimate of drug-likeness (QED) is 0.224. The second-order valence-electron chi connectivity index (χ2n) is 9.71. The summed E-state index contributed by atoms with van der Waals surface area (Å²) in [6, 6.07) is 24.3. The number of hydrogen-bond donors (Lipinski definition) is 0. The lowest BCUT2D eigenvalue weighted by atomic mass is 10.0. The molecular weight excluding hydrogens is 542 g/mol. The van der Waals surface area contributed by atoms with E-state index in [4.69, 9.17) is 13.9 Å². The fraction of sp³-hybridized carbons (Fsp3) is 0.290. The zero-order valence-corrected chi connectivity index (χ0v) is 24.0. The van der Waals surface area contributed by atoms with Crippen LogP contribution in [0.15, 0.2) is 83.3 Å². The van der Waals surface area contributed by atoms with E-state index in [1.54, 1.807) is 37.3 Å². The summed E-state index contributed by atoms with van der Waals surface area (Å²) in [6.07, 6.45) is 1.50. The van der Waals surface area contributed by atoms with Gasteiger partial charge in [-0.25, -0.2) is 4.98 Å². The highest BCUT2D eigenvalue weighted by Crippen LogP contribution is 2.31. The monoisotopic (exact) mass is 575 g/mol. The molecule has 1 aliphatic heterocycles. The molecular formula is C31H33N3O6S. The number of rotatable bonds is 11. The Morgan fingerprint density at radius 1 is 1.05 bits per heavy atom. The molecule has 0 saturated heterocycles. The zero-order valence-electron chi connectivity index (χ0n) is 23.2. The minimum atomic E-state index is -4.04. The summed E-state index contributed by atoms with van der Waals surface area (Å²) < 4.78 is 47.4. The Balaban J connectivity index is 1.34. The first-order chi connectivity index (χ1) is 19.8. The van der Waals surface area contributed by atoms with E-state index < -0.39 is 22.7 Å². The number of hydrogen-bond acceptors (Lipinski definition) is 7. The number of oxazole rings is 1. The minimum absolute atomic E-state index is 0.0296. The fourth-order valence-corrected chi connectivity index (χ4v) is 6.45. The van der Waals surface area contributed by atoms with Crippen LogP contribution in [0, 0.1) is 6.92 Å². The molecule has 214 valence electrons. The molecule has 4 aromatic rings.